The van der Waals surface area contributed by atoms with E-state index in [2.05, 4.69) is 44.4 Å². The van der Waals surface area contributed by atoms with Crippen LogP contribution in [0, 0.1) is 0 Å². The van der Waals surface area contributed by atoms with Gasteiger partial charge >= 0.3 is 0 Å². The van der Waals surface area contributed by atoms with Crippen LogP contribution in [-0.4, -0.2) is 87.7 Å². The van der Waals surface area contributed by atoms with Crippen molar-refractivity contribution in [2.45, 2.75) is 24.6 Å². The van der Waals surface area contributed by atoms with Crippen LogP contribution in [0.2, 0.25) is 0 Å². The van der Waals surface area contributed by atoms with Crippen molar-refractivity contribution in [2.75, 3.05) is 58.7 Å². The number of nitrogens with zero attached hydrogens (tertiary/aromatic N) is 3. The second-order valence-electron chi connectivity index (χ2n) is 8.00. The molecule has 1 atom stereocenters. The van der Waals surface area contributed by atoms with Gasteiger partial charge in [-0.3, -0.25) is 9.89 Å². The lowest BCUT2D eigenvalue weighted by molar-refractivity contribution is 0.0169. The minimum Gasteiger partial charge on any atom is -0.379 e. The van der Waals surface area contributed by atoms with E-state index in [-0.39, 0.29) is 11.8 Å². The molecule has 2 fully saturated rings. The number of hydrogen-bond acceptors (Lipinski definition) is 5. The second-order valence-corrected chi connectivity index (χ2v) is 10.7. The van der Waals surface area contributed by atoms with E-state index >= 15 is 0 Å². The number of morpholine rings is 1. The molecule has 2 heterocycles. The van der Waals surface area contributed by atoms with Gasteiger partial charge in [-0.15, -0.1) is 0 Å². The van der Waals surface area contributed by atoms with E-state index in [1.807, 2.05) is 6.07 Å². The van der Waals surface area contributed by atoms with Gasteiger partial charge in [-0.25, -0.2) is 8.42 Å². The van der Waals surface area contributed by atoms with Crippen LogP contribution >= 0.6 is 0 Å². The van der Waals surface area contributed by atoms with Crippen molar-refractivity contribution in [1.82, 2.24) is 15.1 Å². The molecule has 0 bridgehead atoms. The number of guanidine groups is 1. The molecule has 156 valence electrons. The van der Waals surface area contributed by atoms with Crippen LogP contribution in [0.15, 0.2) is 35.3 Å². The molecule has 8 heteroatoms. The Morgan fingerprint density at radius 1 is 1.21 bits per heavy atom. The first-order valence-corrected chi connectivity index (χ1v) is 11.5. The molecule has 2 aliphatic heterocycles. The van der Waals surface area contributed by atoms with Gasteiger partial charge in [-0.05, 0) is 19.4 Å². The highest BCUT2D eigenvalue weighted by Gasteiger charge is 2.41. The quantitative estimate of drug-likeness (QED) is 0.595. The third kappa shape index (κ3) is 4.67. The molecule has 0 aromatic heterocycles. The summed E-state index contributed by atoms with van der Waals surface area (Å²) in [5.74, 6) is 0.920. The maximum absolute atomic E-state index is 12.3. The normalized spacial score (nSPS) is 24.0. The Morgan fingerprint density at radius 3 is 2.50 bits per heavy atom. The first-order valence-electron chi connectivity index (χ1n) is 9.89. The third-order valence-electron chi connectivity index (χ3n) is 5.68. The number of sulfone groups is 1. The zero-order valence-electron chi connectivity index (χ0n) is 17.1. The Bertz CT molecular complexity index is 774. The molecule has 0 amide bonds. The van der Waals surface area contributed by atoms with Crippen molar-refractivity contribution in [2.24, 2.45) is 4.99 Å². The van der Waals surface area contributed by atoms with E-state index in [1.165, 1.54) is 5.56 Å². The summed E-state index contributed by atoms with van der Waals surface area (Å²) in [5, 5.41) is 3.50. The van der Waals surface area contributed by atoms with Crippen molar-refractivity contribution in [3.8, 4) is 0 Å². The smallest absolute Gasteiger partial charge is 0.193 e. The molecule has 28 heavy (non-hydrogen) atoms. The minimum atomic E-state index is -3.07. The van der Waals surface area contributed by atoms with Gasteiger partial charge in [0, 0.05) is 39.8 Å². The van der Waals surface area contributed by atoms with Gasteiger partial charge in [0.2, 0.25) is 0 Å². The highest BCUT2D eigenvalue weighted by molar-refractivity contribution is 7.92. The minimum absolute atomic E-state index is 0.159. The molecule has 0 spiro atoms. The summed E-state index contributed by atoms with van der Waals surface area (Å²) in [6.07, 6.45) is 0. The average molecular weight is 409 g/mol. The van der Waals surface area contributed by atoms with E-state index in [0.29, 0.717) is 19.6 Å². The van der Waals surface area contributed by atoms with Gasteiger partial charge < -0.3 is 15.0 Å². The number of ether oxygens (including phenoxy) is 1. The first kappa shape index (κ1) is 21.1. The lowest BCUT2D eigenvalue weighted by atomic mass is 10.0. The molecule has 0 radical (unpaired) electrons. The summed E-state index contributed by atoms with van der Waals surface area (Å²) >= 11 is 0. The molecule has 0 saturated carbocycles. The maximum Gasteiger partial charge on any atom is 0.193 e. The lowest BCUT2D eigenvalue weighted by Crippen LogP contribution is -2.58. The fourth-order valence-electron chi connectivity index (χ4n) is 3.87. The Balaban J connectivity index is 1.71. The molecule has 1 N–H and O–H groups in total. The van der Waals surface area contributed by atoms with Gasteiger partial charge in [0.1, 0.15) is 0 Å². The SMILES string of the molecule is CN=C(NCC(c1ccccc1)N1CCOCC1)N1CCS(=O)(=O)C(C)(C)C1. The fourth-order valence-corrected chi connectivity index (χ4v) is 5.23. The standard InChI is InChI=1S/C20H32N4O3S/c1-20(2)16-24(11-14-28(20,25)26)19(21-3)22-15-18(17-7-5-4-6-8-17)23-9-12-27-13-10-23/h4-8,18H,9-16H2,1-3H3,(H,21,22). The summed E-state index contributed by atoms with van der Waals surface area (Å²) < 4.78 is 29.4. The molecule has 2 aliphatic rings. The molecule has 3 rings (SSSR count). The summed E-state index contributed by atoms with van der Waals surface area (Å²) in [5.41, 5.74) is 1.26. The Morgan fingerprint density at radius 2 is 1.89 bits per heavy atom. The van der Waals surface area contributed by atoms with E-state index < -0.39 is 14.6 Å². The monoisotopic (exact) mass is 408 g/mol. The average Bonchev–Trinajstić information content (AvgIpc) is 2.69. The maximum atomic E-state index is 12.3. The van der Waals surface area contributed by atoms with Crippen LogP contribution in [0.4, 0.5) is 0 Å². The summed E-state index contributed by atoms with van der Waals surface area (Å²) in [7, 11) is -1.32. The molecule has 1 unspecified atom stereocenters. The second kappa shape index (κ2) is 8.80. The molecule has 7 nitrogen and oxygen atoms in total. The third-order valence-corrected chi connectivity index (χ3v) is 8.21. The molecular formula is C20H32N4O3S. The number of aliphatic imine (C=N–C) groups is 1. The highest BCUT2D eigenvalue weighted by atomic mass is 32.2. The number of hydrogen-bond donors (Lipinski definition) is 1. The van der Waals surface area contributed by atoms with E-state index in [4.69, 9.17) is 4.74 Å². The van der Waals surface area contributed by atoms with E-state index in [1.54, 1.807) is 20.9 Å². The van der Waals surface area contributed by atoms with Crippen molar-refractivity contribution < 1.29 is 13.2 Å². The van der Waals surface area contributed by atoms with Crippen LogP contribution in [0.5, 0.6) is 0 Å². The predicted octanol–water partition coefficient (Wildman–Crippen LogP) is 1.14. The topological polar surface area (TPSA) is 74.2 Å². The summed E-state index contributed by atoms with van der Waals surface area (Å²) in [6, 6.07) is 10.7. The van der Waals surface area contributed by atoms with Crippen molar-refractivity contribution in [3.05, 3.63) is 35.9 Å². The number of rotatable bonds is 4. The van der Waals surface area contributed by atoms with Gasteiger partial charge in [-0.1, -0.05) is 30.3 Å². The molecular weight excluding hydrogens is 376 g/mol. The van der Waals surface area contributed by atoms with Crippen molar-refractivity contribution in [1.29, 1.82) is 0 Å². The van der Waals surface area contributed by atoms with Crippen LogP contribution < -0.4 is 5.32 Å². The first-order chi connectivity index (χ1) is 13.3. The molecule has 0 aliphatic carbocycles. The van der Waals surface area contributed by atoms with Gasteiger partial charge in [0.25, 0.3) is 0 Å². The van der Waals surface area contributed by atoms with Crippen molar-refractivity contribution >= 4 is 15.8 Å². The zero-order valence-corrected chi connectivity index (χ0v) is 17.9. The number of benzene rings is 1. The predicted molar refractivity (Wildman–Crippen MR) is 112 cm³/mol. The summed E-state index contributed by atoms with van der Waals surface area (Å²) in [4.78, 5) is 8.92. The van der Waals surface area contributed by atoms with Crippen LogP contribution in [0.25, 0.3) is 0 Å². The lowest BCUT2D eigenvalue weighted by Gasteiger charge is -2.40. The Kier molecular flexibility index (Phi) is 6.62. The summed E-state index contributed by atoms with van der Waals surface area (Å²) in [6.45, 7) is 8.50. The Hall–Kier alpha value is -1.64. The van der Waals surface area contributed by atoms with E-state index in [0.717, 1.165) is 32.3 Å². The largest absolute Gasteiger partial charge is 0.379 e. The van der Waals surface area contributed by atoms with Gasteiger partial charge in [0.15, 0.2) is 15.8 Å². The van der Waals surface area contributed by atoms with Crippen LogP contribution in [0.3, 0.4) is 0 Å². The molecule has 1 aromatic carbocycles. The highest BCUT2D eigenvalue weighted by Crippen LogP contribution is 2.24. The van der Waals surface area contributed by atoms with Gasteiger partial charge in [0.05, 0.1) is 29.8 Å². The zero-order chi connectivity index (χ0) is 20.2. The fraction of sp³-hybridized carbons (Fsp3) is 0.650. The number of nitrogens with one attached hydrogen (secondary N) is 1. The van der Waals surface area contributed by atoms with Crippen molar-refractivity contribution in [3.63, 3.8) is 0 Å². The van der Waals surface area contributed by atoms with Gasteiger partial charge in [-0.2, -0.15) is 0 Å². The molecule has 1 aromatic rings. The van der Waals surface area contributed by atoms with Crippen LogP contribution in [-0.2, 0) is 14.6 Å². The molecule has 2 saturated heterocycles. The van der Waals surface area contributed by atoms with Crippen LogP contribution in [0.1, 0.15) is 25.5 Å². The van der Waals surface area contributed by atoms with E-state index in [9.17, 15) is 8.42 Å². The Labute approximate surface area is 168 Å².